The van der Waals surface area contributed by atoms with Crippen LogP contribution < -0.4 is 10.6 Å². The number of carbonyl (C=O) groups is 1. The molecule has 0 aromatic heterocycles. The maximum Gasteiger partial charge on any atom is 0.322 e. The van der Waals surface area contributed by atoms with Crippen molar-refractivity contribution in [3.8, 4) is 0 Å². The van der Waals surface area contributed by atoms with Crippen molar-refractivity contribution >= 4 is 34.9 Å². The van der Waals surface area contributed by atoms with E-state index < -0.39 is 6.10 Å². The first kappa shape index (κ1) is 14.4. The zero-order valence-corrected chi connectivity index (χ0v) is 11.9. The fourth-order valence-electron chi connectivity index (χ4n) is 1.99. The number of nitrogens with one attached hydrogen (secondary N) is 2. The van der Waals surface area contributed by atoms with Crippen molar-refractivity contribution in [3.63, 3.8) is 0 Å². The van der Waals surface area contributed by atoms with Crippen molar-refractivity contribution in [3.05, 3.63) is 28.2 Å². The van der Waals surface area contributed by atoms with Gasteiger partial charge in [0, 0.05) is 25.2 Å². The van der Waals surface area contributed by atoms with Crippen molar-refractivity contribution < 1.29 is 9.90 Å². The highest BCUT2D eigenvalue weighted by molar-refractivity contribution is 6.35. The predicted molar refractivity (Wildman–Crippen MR) is 75.9 cm³/mol. The minimum Gasteiger partial charge on any atom is -0.390 e. The molecule has 2 atom stereocenters. The van der Waals surface area contributed by atoms with Gasteiger partial charge >= 0.3 is 6.03 Å². The average molecular weight is 304 g/mol. The van der Waals surface area contributed by atoms with Crippen molar-refractivity contribution in [2.75, 3.05) is 25.5 Å². The molecule has 0 aliphatic carbocycles. The zero-order valence-electron chi connectivity index (χ0n) is 10.4. The average Bonchev–Trinajstić information content (AvgIpc) is 2.79. The van der Waals surface area contributed by atoms with Gasteiger partial charge in [-0.15, -0.1) is 0 Å². The summed E-state index contributed by atoms with van der Waals surface area (Å²) in [6, 6.07) is 4.26. The van der Waals surface area contributed by atoms with Gasteiger partial charge in [-0.3, -0.25) is 0 Å². The lowest BCUT2D eigenvalue weighted by molar-refractivity contribution is 0.115. The van der Waals surface area contributed by atoms with E-state index in [0.29, 0.717) is 28.8 Å². The maximum atomic E-state index is 12.1. The quantitative estimate of drug-likeness (QED) is 0.780. The Balaban J connectivity index is 2.06. The summed E-state index contributed by atoms with van der Waals surface area (Å²) in [5.74, 6) is 0. The number of likely N-dealkylation sites (N-methyl/N-ethyl adjacent to an activating group) is 1. The molecule has 1 aliphatic rings. The fourth-order valence-corrected chi connectivity index (χ4v) is 2.33. The summed E-state index contributed by atoms with van der Waals surface area (Å²) in [7, 11) is 1.63. The van der Waals surface area contributed by atoms with Gasteiger partial charge in [-0.2, -0.15) is 0 Å². The molecule has 0 bridgehead atoms. The number of hydrogen-bond donors (Lipinski definition) is 3. The Bertz CT molecular complexity index is 484. The summed E-state index contributed by atoms with van der Waals surface area (Å²) >= 11 is 11.8. The molecule has 104 valence electrons. The molecule has 1 heterocycles. The standard InChI is InChI=1S/C12H15Cl2N3O2/c1-17(10-5-15-6-11(10)18)12(19)16-9-4-7(13)2-3-8(9)14/h2-4,10-11,15,18H,5-6H2,1H3,(H,16,19)/t10-,11-/m0/s1. The smallest absolute Gasteiger partial charge is 0.322 e. The van der Waals surface area contributed by atoms with Gasteiger partial charge in [0.15, 0.2) is 0 Å². The lowest BCUT2D eigenvalue weighted by atomic mass is 10.2. The second kappa shape index (κ2) is 5.96. The van der Waals surface area contributed by atoms with E-state index in [4.69, 9.17) is 23.2 Å². The van der Waals surface area contributed by atoms with Crippen LogP contribution in [0.15, 0.2) is 18.2 Å². The monoisotopic (exact) mass is 303 g/mol. The van der Waals surface area contributed by atoms with Crippen LogP contribution in [-0.4, -0.2) is 48.3 Å². The number of anilines is 1. The number of β-amino-alcohol motifs (C(OH)–C–C–N with tert-alkyl or cyclic N) is 1. The lowest BCUT2D eigenvalue weighted by Crippen LogP contribution is -2.46. The fraction of sp³-hybridized carbons (Fsp3) is 0.417. The number of nitrogens with zero attached hydrogens (tertiary/aromatic N) is 1. The molecule has 0 spiro atoms. The molecule has 7 heteroatoms. The highest BCUT2D eigenvalue weighted by Gasteiger charge is 2.31. The third-order valence-electron chi connectivity index (χ3n) is 3.14. The Morgan fingerprint density at radius 2 is 2.21 bits per heavy atom. The number of halogens is 2. The Labute approximate surface area is 121 Å². The van der Waals surface area contributed by atoms with Crippen molar-refractivity contribution in [1.29, 1.82) is 0 Å². The number of carbonyl (C=O) groups excluding carboxylic acids is 1. The first-order valence-electron chi connectivity index (χ1n) is 5.86. The van der Waals surface area contributed by atoms with E-state index in [1.54, 1.807) is 25.2 Å². The zero-order chi connectivity index (χ0) is 14.0. The molecule has 0 saturated carbocycles. The largest absolute Gasteiger partial charge is 0.390 e. The van der Waals surface area contributed by atoms with Crippen LogP contribution in [0.2, 0.25) is 10.0 Å². The number of hydrogen-bond acceptors (Lipinski definition) is 3. The van der Waals surface area contributed by atoms with Crippen LogP contribution in [0.25, 0.3) is 0 Å². The number of aliphatic hydroxyl groups excluding tert-OH is 1. The van der Waals surface area contributed by atoms with E-state index in [9.17, 15) is 9.90 Å². The van der Waals surface area contributed by atoms with Crippen LogP contribution in [0.5, 0.6) is 0 Å². The van der Waals surface area contributed by atoms with Crippen LogP contribution in [0, 0.1) is 0 Å². The molecule has 2 amide bonds. The normalized spacial score (nSPS) is 22.3. The summed E-state index contributed by atoms with van der Waals surface area (Å²) in [5, 5.41) is 16.3. The molecule has 2 rings (SSSR count). The van der Waals surface area contributed by atoms with E-state index in [2.05, 4.69) is 10.6 Å². The van der Waals surface area contributed by atoms with E-state index in [1.807, 2.05) is 0 Å². The van der Waals surface area contributed by atoms with Gasteiger partial charge in [0.2, 0.25) is 0 Å². The summed E-state index contributed by atoms with van der Waals surface area (Å²) in [4.78, 5) is 13.5. The summed E-state index contributed by atoms with van der Waals surface area (Å²) in [6.45, 7) is 1.05. The predicted octanol–water partition coefficient (Wildman–Crippen LogP) is 1.79. The summed E-state index contributed by atoms with van der Waals surface area (Å²) < 4.78 is 0. The second-order valence-electron chi connectivity index (χ2n) is 4.46. The Kier molecular flexibility index (Phi) is 4.52. The number of rotatable bonds is 2. The summed E-state index contributed by atoms with van der Waals surface area (Å²) in [5.41, 5.74) is 0.450. The number of benzene rings is 1. The van der Waals surface area contributed by atoms with Crippen molar-refractivity contribution in [2.24, 2.45) is 0 Å². The molecule has 5 nitrogen and oxygen atoms in total. The molecule has 19 heavy (non-hydrogen) atoms. The molecule has 0 radical (unpaired) electrons. The maximum absolute atomic E-state index is 12.1. The Hall–Kier alpha value is -1.01. The SMILES string of the molecule is CN(C(=O)Nc1cc(Cl)ccc1Cl)[C@H]1CNC[C@@H]1O. The lowest BCUT2D eigenvalue weighted by Gasteiger charge is -2.26. The van der Waals surface area contributed by atoms with Crippen molar-refractivity contribution in [2.45, 2.75) is 12.1 Å². The van der Waals surface area contributed by atoms with Gasteiger partial charge < -0.3 is 20.6 Å². The Morgan fingerprint density at radius 3 is 2.84 bits per heavy atom. The minimum absolute atomic E-state index is 0.252. The Morgan fingerprint density at radius 1 is 1.47 bits per heavy atom. The van der Waals surface area contributed by atoms with E-state index in [1.165, 1.54) is 4.90 Å². The molecule has 1 aliphatic heterocycles. The van der Waals surface area contributed by atoms with Crippen LogP contribution in [0.4, 0.5) is 10.5 Å². The van der Waals surface area contributed by atoms with Gasteiger partial charge in [0.05, 0.1) is 22.9 Å². The number of aliphatic hydroxyl groups is 1. The molecule has 1 saturated heterocycles. The molecule has 3 N–H and O–H groups in total. The van der Waals surface area contributed by atoms with Crippen LogP contribution in [0.3, 0.4) is 0 Å². The summed E-state index contributed by atoms with van der Waals surface area (Å²) in [6.07, 6.45) is -0.564. The highest BCUT2D eigenvalue weighted by atomic mass is 35.5. The van der Waals surface area contributed by atoms with E-state index in [-0.39, 0.29) is 12.1 Å². The van der Waals surface area contributed by atoms with Gasteiger partial charge in [-0.1, -0.05) is 23.2 Å². The number of amides is 2. The van der Waals surface area contributed by atoms with Gasteiger partial charge in [-0.25, -0.2) is 4.79 Å². The first-order chi connectivity index (χ1) is 8.99. The third kappa shape index (κ3) is 3.30. The van der Waals surface area contributed by atoms with Crippen LogP contribution >= 0.6 is 23.2 Å². The molecule has 1 aromatic rings. The van der Waals surface area contributed by atoms with Crippen LogP contribution in [-0.2, 0) is 0 Å². The molecule has 0 unspecified atom stereocenters. The second-order valence-corrected chi connectivity index (χ2v) is 5.30. The third-order valence-corrected chi connectivity index (χ3v) is 3.70. The van der Waals surface area contributed by atoms with Gasteiger partial charge in [-0.05, 0) is 18.2 Å². The molecule has 1 aromatic carbocycles. The van der Waals surface area contributed by atoms with Crippen molar-refractivity contribution in [1.82, 2.24) is 10.2 Å². The van der Waals surface area contributed by atoms with E-state index in [0.717, 1.165) is 0 Å². The first-order valence-corrected chi connectivity index (χ1v) is 6.62. The van der Waals surface area contributed by atoms with Gasteiger partial charge in [0.1, 0.15) is 0 Å². The van der Waals surface area contributed by atoms with E-state index >= 15 is 0 Å². The molecular weight excluding hydrogens is 289 g/mol. The van der Waals surface area contributed by atoms with Gasteiger partial charge in [0.25, 0.3) is 0 Å². The topological polar surface area (TPSA) is 64.6 Å². The minimum atomic E-state index is -0.564. The molecule has 1 fully saturated rings. The number of urea groups is 1. The molecular formula is C12H15Cl2N3O2. The highest BCUT2D eigenvalue weighted by Crippen LogP contribution is 2.25. The van der Waals surface area contributed by atoms with Crippen LogP contribution in [0.1, 0.15) is 0 Å².